The summed E-state index contributed by atoms with van der Waals surface area (Å²) in [5, 5.41) is 0. The predicted octanol–water partition coefficient (Wildman–Crippen LogP) is 5.83. The minimum absolute atomic E-state index is 0.937. The zero-order valence-corrected chi connectivity index (χ0v) is 15.5. The van der Waals surface area contributed by atoms with Crippen LogP contribution in [0.4, 0.5) is 0 Å². The van der Waals surface area contributed by atoms with Gasteiger partial charge < -0.3 is 0 Å². The van der Waals surface area contributed by atoms with Gasteiger partial charge in [-0.1, -0.05) is 90.5 Å². The Hall–Kier alpha value is -2.54. The van der Waals surface area contributed by atoms with Crippen LogP contribution in [0.2, 0.25) is 0 Å². The first kappa shape index (κ1) is 18.8. The molecule has 2 aromatic rings. The predicted molar refractivity (Wildman–Crippen MR) is 114 cm³/mol. The topological polar surface area (TPSA) is 0 Å². The Kier molecular flexibility index (Phi) is 7.28. The van der Waals surface area contributed by atoms with Crippen LogP contribution in [0.15, 0.2) is 91.5 Å². The molecule has 0 unspecified atom stereocenters. The smallest absolute Gasteiger partial charge is 0.109 e. The average Bonchev–Trinajstić information content (AvgIpc) is 2.61. The maximum absolute atomic E-state index is 4.26. The lowest BCUT2D eigenvalue weighted by molar-refractivity contribution is 1.23. The molecule has 0 nitrogen and oxygen atoms in total. The maximum atomic E-state index is 4.26. The van der Waals surface area contributed by atoms with Gasteiger partial charge in [0, 0.05) is 0 Å². The van der Waals surface area contributed by atoms with E-state index < -0.39 is 0 Å². The van der Waals surface area contributed by atoms with Gasteiger partial charge in [-0.2, -0.15) is 0 Å². The summed E-state index contributed by atoms with van der Waals surface area (Å²) >= 11 is 0. The van der Waals surface area contributed by atoms with Crippen molar-refractivity contribution >= 4 is 12.9 Å². The Labute approximate surface area is 153 Å². The molecule has 0 saturated heterocycles. The van der Waals surface area contributed by atoms with E-state index in [0.717, 1.165) is 31.2 Å². The molecule has 126 valence electrons. The average molecular weight is 326 g/mol. The fourth-order valence-electron chi connectivity index (χ4n) is 2.78. The van der Waals surface area contributed by atoms with E-state index in [-0.39, 0.29) is 0 Å². The SMILES string of the molecule is C=C(BCc1cccc(C)c1)Cc1ccc(C(=C)/C=C\C=C/C)cc1. The van der Waals surface area contributed by atoms with Crippen molar-refractivity contribution in [2.45, 2.75) is 26.6 Å². The number of rotatable bonds is 8. The molecule has 0 amide bonds. The Morgan fingerprint density at radius 2 is 1.76 bits per heavy atom. The Morgan fingerprint density at radius 1 is 1.00 bits per heavy atom. The highest BCUT2D eigenvalue weighted by atomic mass is 14.0. The summed E-state index contributed by atoms with van der Waals surface area (Å²) in [5.41, 5.74) is 7.49. The molecule has 0 saturated carbocycles. The molecule has 1 heteroatoms. The van der Waals surface area contributed by atoms with E-state index in [2.05, 4.69) is 68.6 Å². The molecule has 2 aromatic carbocycles. The standard InChI is InChI=1S/C24H27B/c1-5-6-7-10-20(3)24-14-12-22(13-15-24)17-21(4)25-18-23-11-8-9-19(2)16-23/h5-16,25H,3-4,17-18H2,1-2H3/b6-5-,10-7-. The first-order valence-electron chi connectivity index (χ1n) is 8.88. The largest absolute Gasteiger partial charge is 0.156 e. The van der Waals surface area contributed by atoms with E-state index in [9.17, 15) is 0 Å². The summed E-state index contributed by atoms with van der Waals surface area (Å²) in [6, 6.07) is 17.4. The van der Waals surface area contributed by atoms with Gasteiger partial charge in [0.25, 0.3) is 0 Å². The first-order valence-corrected chi connectivity index (χ1v) is 8.88. The van der Waals surface area contributed by atoms with Gasteiger partial charge >= 0.3 is 0 Å². The fraction of sp³-hybridized carbons (Fsp3) is 0.167. The molecule has 25 heavy (non-hydrogen) atoms. The van der Waals surface area contributed by atoms with Gasteiger partial charge in [0.15, 0.2) is 7.28 Å². The summed E-state index contributed by atoms with van der Waals surface area (Å²) in [4.78, 5) is 0. The zero-order chi connectivity index (χ0) is 18.1. The zero-order valence-electron chi connectivity index (χ0n) is 15.5. The third kappa shape index (κ3) is 6.47. The first-order chi connectivity index (χ1) is 12.1. The van der Waals surface area contributed by atoms with Gasteiger partial charge in [-0.3, -0.25) is 0 Å². The fourth-order valence-corrected chi connectivity index (χ4v) is 2.78. The minimum atomic E-state index is 0.937. The summed E-state index contributed by atoms with van der Waals surface area (Å²) in [6.07, 6.45) is 10.1. The number of aryl methyl sites for hydroxylation is 1. The van der Waals surface area contributed by atoms with E-state index in [1.165, 1.54) is 22.2 Å². The summed E-state index contributed by atoms with van der Waals surface area (Å²) in [5.74, 6) is 0. The lowest BCUT2D eigenvalue weighted by Crippen LogP contribution is -2.03. The van der Waals surface area contributed by atoms with Gasteiger partial charge in [0.1, 0.15) is 0 Å². The summed E-state index contributed by atoms with van der Waals surface area (Å²) in [6.45, 7) is 12.5. The van der Waals surface area contributed by atoms with Crippen molar-refractivity contribution in [1.29, 1.82) is 0 Å². The molecule has 0 heterocycles. The molecule has 0 aliphatic heterocycles. The molecular formula is C24H27B. The molecule has 2 rings (SSSR count). The van der Waals surface area contributed by atoms with Crippen molar-refractivity contribution in [3.8, 4) is 0 Å². The molecule has 0 fully saturated rings. The van der Waals surface area contributed by atoms with E-state index >= 15 is 0 Å². The van der Waals surface area contributed by atoms with Crippen molar-refractivity contribution in [3.05, 3.63) is 114 Å². The van der Waals surface area contributed by atoms with E-state index in [1.54, 1.807) is 0 Å². The van der Waals surface area contributed by atoms with E-state index in [1.807, 2.05) is 31.2 Å². The van der Waals surface area contributed by atoms with Gasteiger partial charge in [-0.05, 0) is 43.3 Å². The van der Waals surface area contributed by atoms with Crippen molar-refractivity contribution in [1.82, 2.24) is 0 Å². The molecule has 0 N–H and O–H groups in total. The molecule has 0 bridgehead atoms. The van der Waals surface area contributed by atoms with Crippen LogP contribution in [-0.2, 0) is 12.7 Å². The molecule has 0 aliphatic carbocycles. The van der Waals surface area contributed by atoms with Crippen LogP contribution in [0, 0.1) is 6.92 Å². The molecule has 0 aromatic heterocycles. The summed E-state index contributed by atoms with van der Waals surface area (Å²) < 4.78 is 0. The van der Waals surface area contributed by atoms with Gasteiger partial charge in [0.05, 0.1) is 0 Å². The Balaban J connectivity index is 1.87. The highest BCUT2D eigenvalue weighted by Crippen LogP contribution is 2.16. The van der Waals surface area contributed by atoms with Crippen molar-refractivity contribution < 1.29 is 0 Å². The van der Waals surface area contributed by atoms with E-state index in [0.29, 0.717) is 0 Å². The van der Waals surface area contributed by atoms with Crippen LogP contribution in [0.1, 0.15) is 29.2 Å². The van der Waals surface area contributed by atoms with E-state index in [4.69, 9.17) is 0 Å². The monoisotopic (exact) mass is 326 g/mol. The second kappa shape index (κ2) is 9.69. The Bertz CT molecular complexity index is 776. The van der Waals surface area contributed by atoms with Crippen LogP contribution in [0.25, 0.3) is 5.57 Å². The minimum Gasteiger partial charge on any atom is -0.109 e. The second-order valence-electron chi connectivity index (χ2n) is 6.52. The van der Waals surface area contributed by atoms with Gasteiger partial charge in [-0.15, -0.1) is 12.1 Å². The highest BCUT2D eigenvalue weighted by molar-refractivity contribution is 6.44. The number of allylic oxidation sites excluding steroid dienone is 6. The number of benzene rings is 2. The normalized spacial score (nSPS) is 11.1. The van der Waals surface area contributed by atoms with Crippen LogP contribution >= 0.6 is 0 Å². The molecular weight excluding hydrogens is 299 g/mol. The lowest BCUT2D eigenvalue weighted by Gasteiger charge is -2.07. The van der Waals surface area contributed by atoms with Crippen molar-refractivity contribution in [3.63, 3.8) is 0 Å². The third-order valence-corrected chi connectivity index (χ3v) is 4.23. The van der Waals surface area contributed by atoms with Gasteiger partial charge in [-0.25, -0.2) is 0 Å². The van der Waals surface area contributed by atoms with Crippen LogP contribution in [-0.4, -0.2) is 7.28 Å². The van der Waals surface area contributed by atoms with Crippen molar-refractivity contribution in [2.75, 3.05) is 0 Å². The number of hydrogen-bond acceptors (Lipinski definition) is 0. The molecule has 0 aliphatic rings. The van der Waals surface area contributed by atoms with Crippen LogP contribution < -0.4 is 0 Å². The maximum Gasteiger partial charge on any atom is 0.156 e. The molecule has 0 spiro atoms. The Morgan fingerprint density at radius 3 is 2.44 bits per heavy atom. The van der Waals surface area contributed by atoms with Crippen molar-refractivity contribution in [2.24, 2.45) is 0 Å². The van der Waals surface area contributed by atoms with Gasteiger partial charge in [0.2, 0.25) is 0 Å². The molecule has 0 atom stereocenters. The van der Waals surface area contributed by atoms with Crippen LogP contribution in [0.5, 0.6) is 0 Å². The second-order valence-corrected chi connectivity index (χ2v) is 6.52. The summed E-state index contributed by atoms with van der Waals surface area (Å²) in [7, 11) is 1.03. The number of hydrogen-bond donors (Lipinski definition) is 0. The third-order valence-electron chi connectivity index (χ3n) is 4.23. The highest BCUT2D eigenvalue weighted by Gasteiger charge is 2.02. The molecule has 0 radical (unpaired) electrons. The van der Waals surface area contributed by atoms with Crippen LogP contribution in [0.3, 0.4) is 0 Å². The quantitative estimate of drug-likeness (QED) is 0.423. The lowest BCUT2D eigenvalue weighted by atomic mass is 9.63.